The van der Waals surface area contributed by atoms with Gasteiger partial charge in [0.1, 0.15) is 5.75 Å². The molecule has 1 atom stereocenters. The molecule has 2 aromatic heterocycles. The number of aryl methyl sites for hydroxylation is 2. The van der Waals surface area contributed by atoms with Gasteiger partial charge in [0.2, 0.25) is 0 Å². The van der Waals surface area contributed by atoms with E-state index < -0.39 is 0 Å². The topological polar surface area (TPSA) is 70.7 Å². The molecule has 1 saturated heterocycles. The first kappa shape index (κ1) is 17.5. The molecule has 6 heteroatoms. The van der Waals surface area contributed by atoms with Crippen molar-refractivity contribution in [3.05, 3.63) is 59.5 Å². The summed E-state index contributed by atoms with van der Waals surface area (Å²) in [6, 6.07) is 9.39. The van der Waals surface area contributed by atoms with Crippen LogP contribution in [0.15, 0.2) is 42.7 Å². The van der Waals surface area contributed by atoms with Gasteiger partial charge in [0.15, 0.2) is 5.65 Å². The minimum atomic E-state index is 0.0489. The van der Waals surface area contributed by atoms with Gasteiger partial charge < -0.3 is 10.0 Å². The van der Waals surface area contributed by atoms with Crippen LogP contribution in [0.2, 0.25) is 0 Å². The van der Waals surface area contributed by atoms with Crippen LogP contribution in [0.3, 0.4) is 0 Å². The van der Waals surface area contributed by atoms with Gasteiger partial charge in [-0.3, -0.25) is 4.79 Å². The van der Waals surface area contributed by atoms with E-state index in [0.29, 0.717) is 5.56 Å². The fourth-order valence-corrected chi connectivity index (χ4v) is 3.92. The number of amides is 1. The SMILES string of the molecule is Cc1c(C(=O)N2CCCC[C@H]2CCc2ccc(O)cc2)cnc2ccnn12. The van der Waals surface area contributed by atoms with Crippen molar-refractivity contribution in [3.63, 3.8) is 0 Å². The van der Waals surface area contributed by atoms with E-state index in [0.717, 1.165) is 50.0 Å². The van der Waals surface area contributed by atoms with Crippen LogP contribution in [-0.4, -0.2) is 43.1 Å². The molecule has 4 rings (SSSR count). The quantitative estimate of drug-likeness (QED) is 0.770. The fourth-order valence-electron chi connectivity index (χ4n) is 3.92. The van der Waals surface area contributed by atoms with Gasteiger partial charge in [0, 0.05) is 24.8 Å². The summed E-state index contributed by atoms with van der Waals surface area (Å²) >= 11 is 0. The molecule has 1 fully saturated rings. The van der Waals surface area contributed by atoms with Gasteiger partial charge >= 0.3 is 0 Å². The highest BCUT2D eigenvalue weighted by molar-refractivity contribution is 5.95. The second-order valence-corrected chi connectivity index (χ2v) is 7.21. The van der Waals surface area contributed by atoms with Crippen LogP contribution in [-0.2, 0) is 6.42 Å². The van der Waals surface area contributed by atoms with Crippen molar-refractivity contribution < 1.29 is 9.90 Å². The molecular weight excluding hydrogens is 340 g/mol. The number of aromatic nitrogens is 3. The van der Waals surface area contributed by atoms with Gasteiger partial charge in [0.25, 0.3) is 5.91 Å². The summed E-state index contributed by atoms with van der Waals surface area (Å²) in [5, 5.41) is 13.7. The number of aromatic hydroxyl groups is 1. The lowest BCUT2D eigenvalue weighted by atomic mass is 9.95. The molecule has 1 aliphatic heterocycles. The van der Waals surface area contributed by atoms with Crippen molar-refractivity contribution in [1.29, 1.82) is 0 Å². The summed E-state index contributed by atoms with van der Waals surface area (Å²) < 4.78 is 1.72. The fraction of sp³-hybridized carbons (Fsp3) is 0.381. The van der Waals surface area contributed by atoms with Crippen LogP contribution in [0, 0.1) is 6.92 Å². The molecule has 140 valence electrons. The Morgan fingerprint density at radius 1 is 1.22 bits per heavy atom. The Morgan fingerprint density at radius 2 is 2.04 bits per heavy atom. The zero-order chi connectivity index (χ0) is 18.8. The Hall–Kier alpha value is -2.89. The van der Waals surface area contributed by atoms with Gasteiger partial charge in [-0.25, -0.2) is 9.50 Å². The summed E-state index contributed by atoms with van der Waals surface area (Å²) in [7, 11) is 0. The number of carbonyl (C=O) groups excluding carboxylic acids is 1. The predicted octanol–water partition coefficient (Wildman–Crippen LogP) is 3.37. The van der Waals surface area contributed by atoms with E-state index in [9.17, 15) is 9.90 Å². The molecule has 3 aromatic rings. The van der Waals surface area contributed by atoms with Crippen LogP contribution in [0.25, 0.3) is 5.65 Å². The molecule has 1 N–H and O–H groups in total. The zero-order valence-corrected chi connectivity index (χ0v) is 15.5. The molecule has 0 spiro atoms. The van der Waals surface area contributed by atoms with Crippen LogP contribution >= 0.6 is 0 Å². The number of fused-ring (bicyclic) bond motifs is 1. The maximum Gasteiger partial charge on any atom is 0.257 e. The number of hydrogen-bond acceptors (Lipinski definition) is 4. The van der Waals surface area contributed by atoms with Crippen LogP contribution in [0.1, 0.15) is 47.3 Å². The summed E-state index contributed by atoms with van der Waals surface area (Å²) in [4.78, 5) is 19.7. The van der Waals surface area contributed by atoms with Crippen LogP contribution in [0.5, 0.6) is 5.75 Å². The average Bonchev–Trinajstić information content (AvgIpc) is 3.17. The predicted molar refractivity (Wildman–Crippen MR) is 103 cm³/mol. The monoisotopic (exact) mass is 364 g/mol. The summed E-state index contributed by atoms with van der Waals surface area (Å²) in [6.45, 7) is 2.71. The Bertz CT molecular complexity index is 948. The van der Waals surface area contributed by atoms with Crippen LogP contribution in [0.4, 0.5) is 0 Å². The first-order valence-electron chi connectivity index (χ1n) is 9.52. The Kier molecular flexibility index (Phi) is 4.79. The lowest BCUT2D eigenvalue weighted by Gasteiger charge is -2.36. The largest absolute Gasteiger partial charge is 0.508 e. The first-order chi connectivity index (χ1) is 13.1. The third-order valence-electron chi connectivity index (χ3n) is 5.48. The maximum absolute atomic E-state index is 13.3. The number of carbonyl (C=O) groups is 1. The number of rotatable bonds is 4. The van der Waals surface area contributed by atoms with E-state index in [4.69, 9.17) is 0 Å². The molecule has 0 bridgehead atoms. The minimum Gasteiger partial charge on any atom is -0.508 e. The van der Waals surface area contributed by atoms with Gasteiger partial charge in [-0.1, -0.05) is 12.1 Å². The van der Waals surface area contributed by atoms with E-state index >= 15 is 0 Å². The molecule has 0 aliphatic carbocycles. The number of phenols is 1. The maximum atomic E-state index is 13.3. The van der Waals surface area contributed by atoms with Crippen LogP contribution < -0.4 is 0 Å². The zero-order valence-electron chi connectivity index (χ0n) is 15.5. The molecule has 6 nitrogen and oxygen atoms in total. The van der Waals surface area contributed by atoms with E-state index in [1.807, 2.05) is 30.0 Å². The van der Waals surface area contributed by atoms with E-state index in [1.165, 1.54) is 5.56 Å². The van der Waals surface area contributed by atoms with E-state index in [2.05, 4.69) is 10.1 Å². The molecule has 1 aromatic carbocycles. The number of benzene rings is 1. The van der Waals surface area contributed by atoms with E-state index in [-0.39, 0.29) is 17.7 Å². The minimum absolute atomic E-state index is 0.0489. The Balaban J connectivity index is 1.53. The highest BCUT2D eigenvalue weighted by Crippen LogP contribution is 2.25. The number of nitrogens with zero attached hydrogens (tertiary/aromatic N) is 4. The molecule has 3 heterocycles. The number of hydrogen-bond donors (Lipinski definition) is 1. The van der Waals surface area contributed by atoms with Crippen molar-refractivity contribution in [2.24, 2.45) is 0 Å². The smallest absolute Gasteiger partial charge is 0.257 e. The molecule has 1 amide bonds. The molecule has 27 heavy (non-hydrogen) atoms. The highest BCUT2D eigenvalue weighted by atomic mass is 16.3. The van der Waals surface area contributed by atoms with Gasteiger partial charge in [0.05, 0.1) is 17.5 Å². The molecular formula is C21H24N4O2. The third kappa shape index (κ3) is 3.52. The Morgan fingerprint density at radius 3 is 2.85 bits per heavy atom. The van der Waals surface area contributed by atoms with Gasteiger partial charge in [-0.05, 0) is 56.7 Å². The molecule has 1 aliphatic rings. The highest BCUT2D eigenvalue weighted by Gasteiger charge is 2.28. The first-order valence-corrected chi connectivity index (χ1v) is 9.52. The number of likely N-dealkylation sites (tertiary alicyclic amines) is 1. The summed E-state index contributed by atoms with van der Waals surface area (Å²) in [5.74, 6) is 0.331. The van der Waals surface area contributed by atoms with Crippen molar-refractivity contribution in [2.45, 2.75) is 45.1 Å². The second-order valence-electron chi connectivity index (χ2n) is 7.21. The standard InChI is InChI=1S/C21H24N4O2/c1-15-19(14-22-20-11-12-23-25(15)20)21(27)24-13-3-2-4-17(24)8-5-16-6-9-18(26)10-7-16/h6-7,9-12,14,17,26H,2-5,8,13H2,1H3/t17-/m0/s1. The van der Waals surface area contributed by atoms with Crippen molar-refractivity contribution in [3.8, 4) is 5.75 Å². The third-order valence-corrected chi connectivity index (χ3v) is 5.48. The summed E-state index contributed by atoms with van der Waals surface area (Å²) in [5.41, 5.74) is 3.40. The van der Waals surface area contributed by atoms with Crippen molar-refractivity contribution in [2.75, 3.05) is 6.54 Å². The Labute approximate surface area is 158 Å². The van der Waals surface area contributed by atoms with Gasteiger partial charge in [-0.15, -0.1) is 0 Å². The van der Waals surface area contributed by atoms with Crippen molar-refractivity contribution in [1.82, 2.24) is 19.5 Å². The van der Waals surface area contributed by atoms with E-state index in [1.54, 1.807) is 29.0 Å². The number of piperidine rings is 1. The lowest BCUT2D eigenvalue weighted by molar-refractivity contribution is 0.0600. The number of phenolic OH excluding ortho intramolecular Hbond substituents is 1. The molecule has 0 radical (unpaired) electrons. The molecule has 0 unspecified atom stereocenters. The second kappa shape index (κ2) is 7.39. The average molecular weight is 364 g/mol. The molecule has 0 saturated carbocycles. The van der Waals surface area contributed by atoms with Crippen molar-refractivity contribution >= 4 is 11.6 Å². The normalized spacial score (nSPS) is 17.4. The summed E-state index contributed by atoms with van der Waals surface area (Å²) in [6.07, 6.45) is 8.42. The lowest BCUT2D eigenvalue weighted by Crippen LogP contribution is -2.44. The van der Waals surface area contributed by atoms with Gasteiger partial charge in [-0.2, -0.15) is 5.10 Å².